The van der Waals surface area contributed by atoms with Gasteiger partial charge in [0.2, 0.25) is 5.89 Å². The predicted octanol–water partition coefficient (Wildman–Crippen LogP) is 5.41. The van der Waals surface area contributed by atoms with Crippen LogP contribution in [0.1, 0.15) is 62.5 Å². The highest BCUT2D eigenvalue weighted by atomic mass is 19.3. The number of pyridine rings is 1. The van der Waals surface area contributed by atoms with Crippen molar-refractivity contribution >= 4 is 12.0 Å². The second-order valence-electron chi connectivity index (χ2n) is 10.7. The van der Waals surface area contributed by atoms with E-state index in [4.69, 9.17) is 19.6 Å². The van der Waals surface area contributed by atoms with Gasteiger partial charge in [0.05, 0.1) is 18.8 Å². The van der Waals surface area contributed by atoms with Crippen LogP contribution in [-0.2, 0) is 16.9 Å². The predicted molar refractivity (Wildman–Crippen MR) is 140 cm³/mol. The van der Waals surface area contributed by atoms with Crippen molar-refractivity contribution in [1.82, 2.24) is 15.3 Å². The third-order valence-corrected chi connectivity index (χ3v) is 6.75. The summed E-state index contributed by atoms with van der Waals surface area (Å²) in [5.74, 6) is -0.387. The minimum absolute atomic E-state index is 0.0265. The summed E-state index contributed by atoms with van der Waals surface area (Å²) in [7, 11) is 0. The molecule has 1 aliphatic rings. The largest absolute Gasteiger partial charge is 0.489 e. The van der Waals surface area contributed by atoms with Crippen LogP contribution in [0.25, 0.3) is 11.5 Å². The Balaban J connectivity index is 1.76. The number of oxazole rings is 1. The number of nitrogens with two attached hydrogens (primary N) is 1. The van der Waals surface area contributed by atoms with E-state index in [9.17, 15) is 18.4 Å². The van der Waals surface area contributed by atoms with Gasteiger partial charge in [0.1, 0.15) is 0 Å². The average Bonchev–Trinajstić information content (AvgIpc) is 3.61. The minimum Gasteiger partial charge on any atom is -0.489 e. The Kier molecular flexibility index (Phi) is 8.26. The van der Waals surface area contributed by atoms with Crippen LogP contribution in [-0.4, -0.2) is 35.2 Å². The van der Waals surface area contributed by atoms with Crippen molar-refractivity contribution in [3.63, 3.8) is 0 Å². The number of aromatic nitrogens is 2. The van der Waals surface area contributed by atoms with Gasteiger partial charge in [0.15, 0.2) is 28.6 Å². The molecule has 1 unspecified atom stereocenters. The van der Waals surface area contributed by atoms with Gasteiger partial charge in [-0.05, 0) is 56.0 Å². The van der Waals surface area contributed by atoms with Gasteiger partial charge in [-0.3, -0.25) is 9.78 Å². The fraction of sp³-hybridized carbons (Fsp3) is 0.429. The van der Waals surface area contributed by atoms with E-state index in [1.165, 1.54) is 18.2 Å². The molecule has 0 saturated heterocycles. The van der Waals surface area contributed by atoms with Crippen LogP contribution in [0.4, 0.5) is 13.6 Å². The van der Waals surface area contributed by atoms with Crippen molar-refractivity contribution in [2.45, 2.75) is 59.3 Å². The second-order valence-corrected chi connectivity index (χ2v) is 10.7. The number of hydrogen-bond donors (Lipinski definition) is 2. The normalized spacial score (nSPS) is 14.9. The Morgan fingerprint density at radius 2 is 1.90 bits per heavy atom. The number of ether oxygens (including phenoxy) is 3. The number of carbonyl (C=O) groups is 2. The molecule has 3 N–H and O–H groups in total. The Morgan fingerprint density at radius 3 is 2.50 bits per heavy atom. The van der Waals surface area contributed by atoms with Crippen molar-refractivity contribution in [3.8, 4) is 23.0 Å². The SMILES string of the molecule is CC(C)(C)C(C)(OC(N)=O)c1oc(-c2ccc(OC(F)F)c(OCC3CC3)c2)nc1C(=O)NCc1ccccn1. The summed E-state index contributed by atoms with van der Waals surface area (Å²) in [5, 5.41) is 2.76. The zero-order chi connectivity index (χ0) is 29.1. The molecule has 12 heteroatoms. The third-order valence-electron chi connectivity index (χ3n) is 6.75. The lowest BCUT2D eigenvalue weighted by Crippen LogP contribution is -2.44. The van der Waals surface area contributed by atoms with Gasteiger partial charge in [-0.2, -0.15) is 8.78 Å². The first-order valence-corrected chi connectivity index (χ1v) is 12.8. The maximum Gasteiger partial charge on any atom is 0.405 e. The number of alkyl halides is 2. The van der Waals surface area contributed by atoms with Crippen LogP contribution in [0.5, 0.6) is 11.5 Å². The number of halogens is 2. The molecular formula is C28H32F2N4O6. The topological polar surface area (TPSA) is 139 Å². The molecule has 2 aromatic heterocycles. The van der Waals surface area contributed by atoms with Crippen LogP contribution in [0.3, 0.4) is 0 Å². The van der Waals surface area contributed by atoms with E-state index >= 15 is 0 Å². The summed E-state index contributed by atoms with van der Waals surface area (Å²) in [6, 6.07) is 9.51. The Hall–Kier alpha value is -4.22. The molecule has 1 saturated carbocycles. The summed E-state index contributed by atoms with van der Waals surface area (Å²) in [5.41, 5.74) is 3.88. The maximum absolute atomic E-state index is 13.4. The molecule has 2 heterocycles. The molecule has 1 atom stereocenters. The number of amides is 2. The number of primary amides is 1. The molecule has 0 radical (unpaired) electrons. The highest BCUT2D eigenvalue weighted by Gasteiger charge is 2.49. The highest BCUT2D eigenvalue weighted by molar-refractivity contribution is 5.94. The quantitative estimate of drug-likeness (QED) is 0.318. The Morgan fingerprint density at radius 1 is 1.15 bits per heavy atom. The molecule has 214 valence electrons. The van der Waals surface area contributed by atoms with Crippen LogP contribution in [0.15, 0.2) is 47.0 Å². The van der Waals surface area contributed by atoms with Gasteiger partial charge in [-0.1, -0.05) is 26.8 Å². The molecule has 2 amide bonds. The zero-order valence-corrected chi connectivity index (χ0v) is 22.7. The van der Waals surface area contributed by atoms with Crippen LogP contribution in [0, 0.1) is 11.3 Å². The lowest BCUT2D eigenvalue weighted by molar-refractivity contribution is -0.0707. The van der Waals surface area contributed by atoms with Gasteiger partial charge < -0.3 is 29.7 Å². The van der Waals surface area contributed by atoms with Crippen molar-refractivity contribution in [2.24, 2.45) is 17.1 Å². The molecule has 1 aliphatic carbocycles. The zero-order valence-electron chi connectivity index (χ0n) is 22.7. The molecule has 1 aromatic carbocycles. The van der Waals surface area contributed by atoms with Gasteiger partial charge in [-0.15, -0.1) is 0 Å². The molecular weight excluding hydrogens is 526 g/mol. The number of hydrogen-bond acceptors (Lipinski definition) is 8. The highest BCUT2D eigenvalue weighted by Crippen LogP contribution is 2.45. The molecule has 0 bridgehead atoms. The number of nitrogens with zero attached hydrogens (tertiary/aromatic N) is 2. The lowest BCUT2D eigenvalue weighted by Gasteiger charge is -2.38. The standard InChI is InChI=1S/C28H32F2N4O6/c1-27(2,3)28(4,40-26(31)36)22-21(23(35)33-14-18-7-5-6-12-32-18)34-24(39-22)17-10-11-19(38-25(29)30)20(13-17)37-15-16-8-9-16/h5-7,10-13,16,25H,8-9,14-15H2,1-4H3,(H2,31,36)(H,33,35). The molecule has 40 heavy (non-hydrogen) atoms. The smallest absolute Gasteiger partial charge is 0.405 e. The molecule has 1 fully saturated rings. The van der Waals surface area contributed by atoms with Crippen molar-refractivity contribution in [3.05, 3.63) is 59.7 Å². The molecule has 4 rings (SSSR count). The van der Waals surface area contributed by atoms with E-state index in [2.05, 4.69) is 20.0 Å². The molecule has 0 aliphatic heterocycles. The lowest BCUT2D eigenvalue weighted by atomic mass is 9.75. The monoisotopic (exact) mass is 558 g/mol. The maximum atomic E-state index is 13.4. The van der Waals surface area contributed by atoms with E-state index < -0.39 is 29.6 Å². The van der Waals surface area contributed by atoms with E-state index in [0.717, 1.165) is 12.8 Å². The van der Waals surface area contributed by atoms with Gasteiger partial charge >= 0.3 is 12.7 Å². The van der Waals surface area contributed by atoms with Crippen LogP contribution >= 0.6 is 0 Å². The fourth-order valence-electron chi connectivity index (χ4n) is 3.86. The summed E-state index contributed by atoms with van der Waals surface area (Å²) in [4.78, 5) is 34.0. The summed E-state index contributed by atoms with van der Waals surface area (Å²) < 4.78 is 48.1. The first-order valence-electron chi connectivity index (χ1n) is 12.8. The van der Waals surface area contributed by atoms with Crippen LogP contribution in [0.2, 0.25) is 0 Å². The second kappa shape index (κ2) is 11.5. The van der Waals surface area contributed by atoms with E-state index in [1.54, 1.807) is 52.1 Å². The fourth-order valence-corrected chi connectivity index (χ4v) is 3.86. The molecule has 3 aromatic rings. The Bertz CT molecular complexity index is 1350. The summed E-state index contributed by atoms with van der Waals surface area (Å²) in [6.45, 7) is 4.33. The average molecular weight is 559 g/mol. The van der Waals surface area contributed by atoms with E-state index in [0.29, 0.717) is 23.8 Å². The number of nitrogens with one attached hydrogen (secondary N) is 1. The Labute approximate surface area is 230 Å². The number of carbonyl (C=O) groups excluding carboxylic acids is 2. The van der Waals surface area contributed by atoms with E-state index in [1.807, 2.05) is 0 Å². The van der Waals surface area contributed by atoms with Gasteiger partial charge in [0.25, 0.3) is 5.91 Å². The number of rotatable bonds is 11. The molecule has 10 nitrogen and oxygen atoms in total. The first-order chi connectivity index (χ1) is 18.9. The first kappa shape index (κ1) is 28.8. The summed E-state index contributed by atoms with van der Waals surface area (Å²) >= 11 is 0. The van der Waals surface area contributed by atoms with Crippen molar-refractivity contribution in [2.75, 3.05) is 6.61 Å². The third kappa shape index (κ3) is 6.67. The van der Waals surface area contributed by atoms with Gasteiger partial charge in [0, 0.05) is 17.2 Å². The van der Waals surface area contributed by atoms with Crippen molar-refractivity contribution < 1.29 is 37.0 Å². The minimum atomic E-state index is -3.05. The number of benzene rings is 1. The molecule has 0 spiro atoms. The van der Waals surface area contributed by atoms with Gasteiger partial charge in [-0.25, -0.2) is 9.78 Å². The van der Waals surface area contributed by atoms with E-state index in [-0.39, 0.29) is 35.4 Å². The summed E-state index contributed by atoms with van der Waals surface area (Å²) in [6.07, 6.45) is 2.52. The van der Waals surface area contributed by atoms with Crippen LogP contribution < -0.4 is 20.5 Å². The van der Waals surface area contributed by atoms with Crippen molar-refractivity contribution in [1.29, 1.82) is 0 Å².